The second-order valence-electron chi connectivity index (χ2n) is 2.99. The summed E-state index contributed by atoms with van der Waals surface area (Å²) in [5.74, 6) is 0. The van der Waals surface area contributed by atoms with Gasteiger partial charge in [-0.15, -0.1) is 0 Å². The Balaban J connectivity index is 3.07. The van der Waals surface area contributed by atoms with Crippen LogP contribution in [0.1, 0.15) is 12.5 Å². The number of non-ortho nitro benzene ring substituents is 1. The molecular formula is C9H8N2O3. The fourth-order valence-corrected chi connectivity index (χ4v) is 0.972. The van der Waals surface area contributed by atoms with E-state index in [0.717, 1.165) is 0 Å². The molecule has 1 N–H and O–H groups in total. The van der Waals surface area contributed by atoms with E-state index in [1.807, 2.05) is 0 Å². The number of rotatable bonds is 2. The molecule has 0 bridgehead atoms. The zero-order chi connectivity index (χ0) is 10.8. The monoisotopic (exact) mass is 192 g/mol. The SMILES string of the molecule is CC(O)(C#N)c1ccc([N+](=O)[O-])cc1. The van der Waals surface area contributed by atoms with Crippen LogP contribution in [0.4, 0.5) is 5.69 Å². The van der Waals surface area contributed by atoms with E-state index in [4.69, 9.17) is 5.26 Å². The highest BCUT2D eigenvalue weighted by Crippen LogP contribution is 2.21. The van der Waals surface area contributed by atoms with Crippen LogP contribution in [0.2, 0.25) is 0 Å². The fraction of sp³-hybridized carbons (Fsp3) is 0.222. The minimum absolute atomic E-state index is 0.0671. The highest BCUT2D eigenvalue weighted by Gasteiger charge is 2.22. The molecule has 5 heteroatoms. The lowest BCUT2D eigenvalue weighted by Gasteiger charge is -2.13. The summed E-state index contributed by atoms with van der Waals surface area (Å²) in [7, 11) is 0. The van der Waals surface area contributed by atoms with Crippen LogP contribution < -0.4 is 0 Å². The van der Waals surface area contributed by atoms with Crippen LogP contribution in [-0.4, -0.2) is 10.0 Å². The molecule has 0 spiro atoms. The van der Waals surface area contributed by atoms with E-state index < -0.39 is 10.5 Å². The van der Waals surface area contributed by atoms with Gasteiger partial charge in [0.25, 0.3) is 5.69 Å². The largest absolute Gasteiger partial charge is 0.372 e. The van der Waals surface area contributed by atoms with Crippen molar-refractivity contribution in [2.45, 2.75) is 12.5 Å². The van der Waals surface area contributed by atoms with Gasteiger partial charge >= 0.3 is 0 Å². The molecule has 0 aromatic heterocycles. The number of nitrogens with zero attached hydrogens (tertiary/aromatic N) is 2. The van der Waals surface area contributed by atoms with Gasteiger partial charge in [0.2, 0.25) is 0 Å². The van der Waals surface area contributed by atoms with E-state index in [-0.39, 0.29) is 5.69 Å². The predicted octanol–water partition coefficient (Wildman–Crippen LogP) is 1.33. The molecule has 1 aromatic rings. The Bertz CT molecular complexity index is 390. The maximum absolute atomic E-state index is 10.3. The zero-order valence-electron chi connectivity index (χ0n) is 7.47. The van der Waals surface area contributed by atoms with Gasteiger partial charge in [0.1, 0.15) is 6.07 Å². The van der Waals surface area contributed by atoms with E-state index in [1.54, 1.807) is 6.07 Å². The summed E-state index contributed by atoms with van der Waals surface area (Å²) in [6, 6.07) is 6.92. The summed E-state index contributed by atoms with van der Waals surface area (Å²) < 4.78 is 0. The average molecular weight is 192 g/mol. The molecule has 14 heavy (non-hydrogen) atoms. The standard InChI is InChI=1S/C9H8N2O3/c1-9(12,6-10)7-2-4-8(5-3-7)11(13)14/h2-5,12H,1H3. The predicted molar refractivity (Wildman–Crippen MR) is 48.3 cm³/mol. The molecule has 0 aliphatic rings. The Morgan fingerprint density at radius 1 is 1.50 bits per heavy atom. The van der Waals surface area contributed by atoms with Gasteiger partial charge in [-0.05, 0) is 24.6 Å². The van der Waals surface area contributed by atoms with Crippen molar-refractivity contribution in [2.75, 3.05) is 0 Å². The Hall–Kier alpha value is -1.93. The number of hydrogen-bond acceptors (Lipinski definition) is 4. The summed E-state index contributed by atoms with van der Waals surface area (Å²) >= 11 is 0. The lowest BCUT2D eigenvalue weighted by atomic mass is 9.98. The summed E-state index contributed by atoms with van der Waals surface area (Å²) in [4.78, 5) is 9.77. The first kappa shape index (κ1) is 10.2. The normalized spacial score (nSPS) is 14.1. The molecular weight excluding hydrogens is 184 g/mol. The first-order chi connectivity index (χ1) is 6.47. The smallest absolute Gasteiger partial charge is 0.269 e. The van der Waals surface area contributed by atoms with Crippen LogP contribution in [0.5, 0.6) is 0 Å². The van der Waals surface area contributed by atoms with Gasteiger partial charge in [-0.1, -0.05) is 0 Å². The molecule has 0 saturated carbocycles. The van der Waals surface area contributed by atoms with Crippen LogP contribution in [0, 0.1) is 21.4 Å². The molecule has 0 saturated heterocycles. The van der Waals surface area contributed by atoms with Gasteiger partial charge < -0.3 is 5.11 Å². The zero-order valence-corrected chi connectivity index (χ0v) is 7.47. The highest BCUT2D eigenvalue weighted by atomic mass is 16.6. The number of benzene rings is 1. The van der Waals surface area contributed by atoms with E-state index in [2.05, 4.69) is 0 Å². The van der Waals surface area contributed by atoms with E-state index in [9.17, 15) is 15.2 Å². The molecule has 1 atom stereocenters. The van der Waals surface area contributed by atoms with E-state index in [1.165, 1.54) is 31.2 Å². The molecule has 1 unspecified atom stereocenters. The van der Waals surface area contributed by atoms with Crippen molar-refractivity contribution in [1.82, 2.24) is 0 Å². The molecule has 0 aliphatic carbocycles. The third-order valence-corrected chi connectivity index (χ3v) is 1.86. The Labute approximate surface area is 80.4 Å². The molecule has 1 aromatic carbocycles. The van der Waals surface area contributed by atoms with Gasteiger partial charge in [-0.3, -0.25) is 10.1 Å². The Kier molecular flexibility index (Phi) is 2.49. The molecule has 0 fully saturated rings. The van der Waals surface area contributed by atoms with Gasteiger partial charge in [0.05, 0.1) is 4.92 Å². The number of nitro benzene ring substituents is 1. The van der Waals surface area contributed by atoms with Gasteiger partial charge in [0.15, 0.2) is 5.60 Å². The Morgan fingerprint density at radius 2 is 2.00 bits per heavy atom. The third-order valence-electron chi connectivity index (χ3n) is 1.86. The van der Waals surface area contributed by atoms with Gasteiger partial charge in [-0.25, -0.2) is 0 Å². The van der Waals surface area contributed by atoms with Gasteiger partial charge in [-0.2, -0.15) is 5.26 Å². The topological polar surface area (TPSA) is 87.2 Å². The molecule has 0 amide bonds. The molecule has 1 rings (SSSR count). The molecule has 5 nitrogen and oxygen atoms in total. The number of nitro groups is 1. The molecule has 0 heterocycles. The minimum atomic E-state index is -1.60. The third kappa shape index (κ3) is 1.87. The summed E-state index contributed by atoms with van der Waals surface area (Å²) in [5.41, 5.74) is -1.33. The molecule has 0 aliphatic heterocycles. The summed E-state index contributed by atoms with van der Waals surface area (Å²) in [5, 5.41) is 28.4. The lowest BCUT2D eigenvalue weighted by Crippen LogP contribution is -2.17. The number of aliphatic hydroxyl groups is 1. The first-order valence-electron chi connectivity index (χ1n) is 3.86. The lowest BCUT2D eigenvalue weighted by molar-refractivity contribution is -0.384. The first-order valence-corrected chi connectivity index (χ1v) is 3.86. The van der Waals surface area contributed by atoms with Crippen molar-refractivity contribution in [3.05, 3.63) is 39.9 Å². The van der Waals surface area contributed by atoms with Crippen molar-refractivity contribution < 1.29 is 10.0 Å². The fourth-order valence-electron chi connectivity index (χ4n) is 0.972. The highest BCUT2D eigenvalue weighted by molar-refractivity contribution is 5.37. The second kappa shape index (κ2) is 3.44. The number of nitriles is 1. The van der Waals surface area contributed by atoms with Crippen molar-refractivity contribution in [3.63, 3.8) is 0 Å². The van der Waals surface area contributed by atoms with Gasteiger partial charge in [0, 0.05) is 12.1 Å². The van der Waals surface area contributed by atoms with E-state index in [0.29, 0.717) is 5.56 Å². The van der Waals surface area contributed by atoms with Crippen LogP contribution >= 0.6 is 0 Å². The van der Waals surface area contributed by atoms with Crippen molar-refractivity contribution in [1.29, 1.82) is 5.26 Å². The van der Waals surface area contributed by atoms with Crippen molar-refractivity contribution in [2.24, 2.45) is 0 Å². The van der Waals surface area contributed by atoms with Crippen molar-refractivity contribution >= 4 is 5.69 Å². The average Bonchev–Trinajstić information content (AvgIpc) is 2.18. The van der Waals surface area contributed by atoms with Crippen molar-refractivity contribution in [3.8, 4) is 6.07 Å². The summed E-state index contributed by atoms with van der Waals surface area (Å²) in [6.07, 6.45) is 0. The van der Waals surface area contributed by atoms with Crippen LogP contribution in [0.15, 0.2) is 24.3 Å². The number of hydrogen-bond donors (Lipinski definition) is 1. The van der Waals surface area contributed by atoms with Crippen LogP contribution in [-0.2, 0) is 5.60 Å². The van der Waals surface area contributed by atoms with Crippen LogP contribution in [0.3, 0.4) is 0 Å². The molecule has 0 radical (unpaired) electrons. The van der Waals surface area contributed by atoms with E-state index >= 15 is 0 Å². The molecule has 72 valence electrons. The maximum atomic E-state index is 10.3. The Morgan fingerprint density at radius 3 is 2.36 bits per heavy atom. The minimum Gasteiger partial charge on any atom is -0.372 e. The maximum Gasteiger partial charge on any atom is 0.269 e. The second-order valence-corrected chi connectivity index (χ2v) is 2.99. The summed E-state index contributed by atoms with van der Waals surface area (Å²) in [6.45, 7) is 1.33. The quantitative estimate of drug-likeness (QED) is 0.435. The van der Waals surface area contributed by atoms with Crippen LogP contribution in [0.25, 0.3) is 0 Å².